The predicted molar refractivity (Wildman–Crippen MR) is 106 cm³/mol. The van der Waals surface area contributed by atoms with Gasteiger partial charge in [0.25, 0.3) is 5.91 Å². The van der Waals surface area contributed by atoms with E-state index in [1.807, 2.05) is 51.1 Å². The van der Waals surface area contributed by atoms with Crippen LogP contribution in [0, 0.1) is 0 Å². The highest BCUT2D eigenvalue weighted by molar-refractivity contribution is 5.96. The first kappa shape index (κ1) is 21.1. The second kappa shape index (κ2) is 9.16. The van der Waals surface area contributed by atoms with Gasteiger partial charge >= 0.3 is 0 Å². The topological polar surface area (TPSA) is 130 Å². The summed E-state index contributed by atoms with van der Waals surface area (Å²) in [5.74, 6) is -1.34. The summed E-state index contributed by atoms with van der Waals surface area (Å²) in [6, 6.07) is 10.2. The predicted octanol–water partition coefficient (Wildman–Crippen LogP) is 1.04. The molecule has 0 fully saturated rings. The number of nitrogens with one attached hydrogen (secondary N) is 3. The van der Waals surface area contributed by atoms with Gasteiger partial charge in [0, 0.05) is 30.5 Å². The molecule has 1 heterocycles. The lowest BCUT2D eigenvalue weighted by Gasteiger charge is -2.18. The molecule has 0 radical (unpaired) electrons. The summed E-state index contributed by atoms with van der Waals surface area (Å²) in [5.41, 5.74) is 6.86. The number of H-pyrrole nitrogens is 1. The minimum Gasteiger partial charge on any atom is -0.370 e. The largest absolute Gasteiger partial charge is 0.370 e. The van der Waals surface area contributed by atoms with E-state index in [2.05, 4.69) is 20.8 Å². The lowest BCUT2D eigenvalue weighted by molar-refractivity contribution is -0.123. The summed E-state index contributed by atoms with van der Waals surface area (Å²) >= 11 is 0. The molecule has 1 unspecified atom stereocenters. The number of aromatic nitrogens is 2. The van der Waals surface area contributed by atoms with Gasteiger partial charge in [0.1, 0.15) is 11.7 Å². The molecule has 3 amide bonds. The Bertz CT molecular complexity index is 824. The number of rotatable bonds is 8. The fourth-order valence-corrected chi connectivity index (χ4v) is 2.55. The maximum atomic E-state index is 12.6. The van der Waals surface area contributed by atoms with Crippen molar-refractivity contribution in [3.8, 4) is 0 Å². The molecule has 0 spiro atoms. The van der Waals surface area contributed by atoms with Crippen LogP contribution < -0.4 is 16.4 Å². The van der Waals surface area contributed by atoms with E-state index < -0.39 is 17.9 Å². The zero-order valence-corrected chi connectivity index (χ0v) is 16.4. The molecule has 2 aromatic rings. The monoisotopic (exact) mass is 385 g/mol. The summed E-state index contributed by atoms with van der Waals surface area (Å²) in [4.78, 5) is 36.1. The Morgan fingerprint density at radius 2 is 1.86 bits per heavy atom. The Balaban J connectivity index is 2.11. The summed E-state index contributed by atoms with van der Waals surface area (Å²) in [7, 11) is 0. The van der Waals surface area contributed by atoms with Crippen LogP contribution in [0.2, 0.25) is 0 Å². The minimum absolute atomic E-state index is 0.0338. The first-order chi connectivity index (χ1) is 13.2. The third-order valence-corrected chi connectivity index (χ3v) is 4.19. The van der Waals surface area contributed by atoms with Gasteiger partial charge in [-0.05, 0) is 11.6 Å². The zero-order chi connectivity index (χ0) is 20.7. The van der Waals surface area contributed by atoms with Crippen LogP contribution in [-0.4, -0.2) is 40.5 Å². The Hall–Kier alpha value is -3.16. The van der Waals surface area contributed by atoms with Gasteiger partial charge in [0.05, 0.1) is 0 Å². The Morgan fingerprint density at radius 3 is 2.43 bits per heavy atom. The van der Waals surface area contributed by atoms with Gasteiger partial charge in [-0.3, -0.25) is 19.5 Å². The van der Waals surface area contributed by atoms with Crippen molar-refractivity contribution >= 4 is 17.7 Å². The quantitative estimate of drug-likeness (QED) is 0.541. The van der Waals surface area contributed by atoms with Gasteiger partial charge in [-0.1, -0.05) is 51.1 Å². The number of nitrogens with zero attached hydrogens (tertiary/aromatic N) is 1. The Kier molecular flexibility index (Phi) is 6.92. The van der Waals surface area contributed by atoms with Gasteiger partial charge in [-0.2, -0.15) is 5.10 Å². The molecule has 8 nitrogen and oxygen atoms in total. The number of benzene rings is 1. The SMILES string of the molecule is CC(C)(C)c1cc(C(=O)NC(Cc2ccccc2)C(=O)NCCC(N)=O)n[nH]1. The van der Waals surface area contributed by atoms with Crippen molar-refractivity contribution in [1.82, 2.24) is 20.8 Å². The number of primary amides is 1. The van der Waals surface area contributed by atoms with E-state index >= 15 is 0 Å². The summed E-state index contributed by atoms with van der Waals surface area (Å²) in [6.07, 6.45) is 0.345. The molecule has 0 saturated carbocycles. The van der Waals surface area contributed by atoms with Crippen LogP contribution in [0.25, 0.3) is 0 Å². The highest BCUT2D eigenvalue weighted by atomic mass is 16.2. The lowest BCUT2D eigenvalue weighted by Crippen LogP contribution is -2.48. The zero-order valence-electron chi connectivity index (χ0n) is 16.4. The molecule has 8 heteroatoms. The maximum Gasteiger partial charge on any atom is 0.272 e. The average Bonchev–Trinajstić information content (AvgIpc) is 3.12. The average molecular weight is 385 g/mol. The smallest absolute Gasteiger partial charge is 0.272 e. The van der Waals surface area contributed by atoms with Crippen molar-refractivity contribution in [1.29, 1.82) is 0 Å². The van der Waals surface area contributed by atoms with Crippen molar-refractivity contribution in [2.24, 2.45) is 5.73 Å². The molecule has 1 aromatic heterocycles. The van der Waals surface area contributed by atoms with Gasteiger partial charge in [-0.15, -0.1) is 0 Å². The van der Waals surface area contributed by atoms with E-state index in [1.165, 1.54) is 0 Å². The summed E-state index contributed by atoms with van der Waals surface area (Å²) in [5, 5.41) is 12.3. The van der Waals surface area contributed by atoms with Crippen molar-refractivity contribution in [2.45, 2.75) is 45.1 Å². The standard InChI is InChI=1S/C20H27N5O3/c1-20(2,3)16-12-15(24-25-16)19(28)23-14(11-13-7-5-4-6-8-13)18(27)22-10-9-17(21)26/h4-8,12,14H,9-11H2,1-3H3,(H2,21,26)(H,22,27)(H,23,28)(H,24,25). The van der Waals surface area contributed by atoms with E-state index in [-0.39, 0.29) is 30.0 Å². The van der Waals surface area contributed by atoms with Crippen molar-refractivity contribution in [2.75, 3.05) is 6.54 Å². The first-order valence-corrected chi connectivity index (χ1v) is 9.13. The highest BCUT2D eigenvalue weighted by Crippen LogP contribution is 2.20. The van der Waals surface area contributed by atoms with E-state index in [1.54, 1.807) is 6.07 Å². The fraction of sp³-hybridized carbons (Fsp3) is 0.400. The molecule has 5 N–H and O–H groups in total. The van der Waals surface area contributed by atoms with E-state index in [9.17, 15) is 14.4 Å². The molecular formula is C20H27N5O3. The molecule has 150 valence electrons. The van der Waals surface area contributed by atoms with E-state index in [0.29, 0.717) is 6.42 Å². The van der Waals surface area contributed by atoms with Crippen LogP contribution in [0.4, 0.5) is 0 Å². The second-order valence-corrected chi connectivity index (χ2v) is 7.64. The summed E-state index contributed by atoms with van der Waals surface area (Å²) in [6.45, 7) is 6.14. The van der Waals surface area contributed by atoms with Crippen LogP contribution in [0.3, 0.4) is 0 Å². The Labute approximate surface area is 164 Å². The highest BCUT2D eigenvalue weighted by Gasteiger charge is 2.24. The number of carbonyl (C=O) groups excluding carboxylic acids is 3. The fourth-order valence-electron chi connectivity index (χ4n) is 2.55. The number of hydrogen-bond donors (Lipinski definition) is 4. The molecule has 1 aromatic carbocycles. The number of aromatic amines is 1. The molecular weight excluding hydrogens is 358 g/mol. The minimum atomic E-state index is -0.808. The molecule has 28 heavy (non-hydrogen) atoms. The first-order valence-electron chi connectivity index (χ1n) is 9.13. The van der Waals surface area contributed by atoms with Crippen LogP contribution in [0.5, 0.6) is 0 Å². The van der Waals surface area contributed by atoms with Crippen molar-refractivity contribution in [3.63, 3.8) is 0 Å². The maximum absolute atomic E-state index is 12.6. The molecule has 0 aliphatic carbocycles. The third kappa shape index (κ3) is 6.22. The van der Waals surface area contributed by atoms with Crippen LogP contribution in [0.15, 0.2) is 36.4 Å². The summed E-state index contributed by atoms with van der Waals surface area (Å²) < 4.78 is 0. The number of nitrogens with two attached hydrogens (primary N) is 1. The van der Waals surface area contributed by atoms with E-state index in [0.717, 1.165) is 11.3 Å². The van der Waals surface area contributed by atoms with Gasteiger partial charge in [0.2, 0.25) is 11.8 Å². The third-order valence-electron chi connectivity index (χ3n) is 4.19. The number of carbonyl (C=O) groups is 3. The normalized spacial score (nSPS) is 12.2. The lowest BCUT2D eigenvalue weighted by atomic mass is 9.92. The van der Waals surface area contributed by atoms with Crippen molar-refractivity contribution < 1.29 is 14.4 Å². The van der Waals surface area contributed by atoms with Crippen LogP contribution in [-0.2, 0) is 21.4 Å². The van der Waals surface area contributed by atoms with Crippen LogP contribution in [0.1, 0.15) is 48.9 Å². The second-order valence-electron chi connectivity index (χ2n) is 7.64. The molecule has 0 aliphatic heterocycles. The van der Waals surface area contributed by atoms with Gasteiger partial charge in [0.15, 0.2) is 0 Å². The molecule has 1 atom stereocenters. The molecule has 2 rings (SSSR count). The van der Waals surface area contributed by atoms with Gasteiger partial charge < -0.3 is 16.4 Å². The van der Waals surface area contributed by atoms with E-state index in [4.69, 9.17) is 5.73 Å². The molecule has 0 aliphatic rings. The van der Waals surface area contributed by atoms with Crippen molar-refractivity contribution in [3.05, 3.63) is 53.3 Å². The Morgan fingerprint density at radius 1 is 1.18 bits per heavy atom. The number of amides is 3. The number of hydrogen-bond acceptors (Lipinski definition) is 4. The van der Waals surface area contributed by atoms with Gasteiger partial charge in [-0.25, -0.2) is 0 Å². The molecule has 0 bridgehead atoms. The van der Waals surface area contributed by atoms with Crippen LogP contribution >= 0.6 is 0 Å². The molecule has 0 saturated heterocycles.